The second-order valence-electron chi connectivity index (χ2n) is 4.18. The van der Waals surface area contributed by atoms with Crippen LogP contribution in [0.2, 0.25) is 0 Å². The van der Waals surface area contributed by atoms with Crippen LogP contribution >= 0.6 is 0 Å². The van der Waals surface area contributed by atoms with Gasteiger partial charge in [-0.2, -0.15) is 18.3 Å². The molecule has 2 heterocycles. The fraction of sp³-hybridized carbons (Fsp3) is 0.308. The molecule has 0 atom stereocenters. The molecule has 0 bridgehead atoms. The van der Waals surface area contributed by atoms with Gasteiger partial charge in [0.2, 0.25) is 0 Å². The zero-order chi connectivity index (χ0) is 15.6. The molecule has 0 amide bonds. The Hall–Kier alpha value is -2.38. The molecular formula is C13H12F3N3O2. The molecule has 0 aliphatic heterocycles. The molecule has 8 heteroatoms. The van der Waals surface area contributed by atoms with Crippen molar-refractivity contribution in [1.29, 1.82) is 0 Å². The van der Waals surface area contributed by atoms with Gasteiger partial charge in [-0.05, 0) is 18.6 Å². The highest BCUT2D eigenvalue weighted by molar-refractivity contribution is 5.90. The topological polar surface area (TPSA) is 57.0 Å². The van der Waals surface area contributed by atoms with Crippen molar-refractivity contribution in [3.63, 3.8) is 0 Å². The Morgan fingerprint density at radius 2 is 2.10 bits per heavy atom. The van der Waals surface area contributed by atoms with Gasteiger partial charge in [0.05, 0.1) is 18.4 Å². The lowest BCUT2D eigenvalue weighted by Crippen LogP contribution is -2.07. The number of nitrogens with zero attached hydrogens (tertiary/aromatic N) is 3. The highest BCUT2D eigenvalue weighted by Gasteiger charge is 2.30. The Balaban J connectivity index is 2.38. The van der Waals surface area contributed by atoms with E-state index in [4.69, 9.17) is 0 Å². The first-order chi connectivity index (χ1) is 9.86. The quantitative estimate of drug-likeness (QED) is 0.818. The van der Waals surface area contributed by atoms with E-state index < -0.39 is 17.7 Å². The number of methoxy groups -OCH3 is 1. The molecule has 0 aromatic carbocycles. The zero-order valence-corrected chi connectivity index (χ0v) is 11.3. The second kappa shape index (κ2) is 5.55. The minimum absolute atomic E-state index is 0.188. The molecule has 2 aromatic heterocycles. The molecule has 21 heavy (non-hydrogen) atoms. The molecule has 0 radical (unpaired) electrons. The summed E-state index contributed by atoms with van der Waals surface area (Å²) in [6.45, 7) is 1.80. The van der Waals surface area contributed by atoms with Crippen molar-refractivity contribution >= 4 is 5.97 Å². The third-order valence-corrected chi connectivity index (χ3v) is 2.84. The number of aromatic nitrogens is 3. The van der Waals surface area contributed by atoms with Crippen molar-refractivity contribution in [3.8, 4) is 5.82 Å². The summed E-state index contributed by atoms with van der Waals surface area (Å²) in [5.41, 5.74) is -0.0902. The maximum Gasteiger partial charge on any atom is 0.417 e. The van der Waals surface area contributed by atoms with E-state index in [9.17, 15) is 18.0 Å². The summed E-state index contributed by atoms with van der Waals surface area (Å²) < 4.78 is 43.3. The first-order valence-corrected chi connectivity index (χ1v) is 6.07. The molecule has 2 rings (SSSR count). The van der Waals surface area contributed by atoms with E-state index in [1.165, 1.54) is 24.1 Å². The zero-order valence-electron chi connectivity index (χ0n) is 11.3. The molecule has 5 nitrogen and oxygen atoms in total. The predicted molar refractivity (Wildman–Crippen MR) is 67.1 cm³/mol. The van der Waals surface area contributed by atoms with Crippen LogP contribution in [0.3, 0.4) is 0 Å². The summed E-state index contributed by atoms with van der Waals surface area (Å²) in [4.78, 5) is 15.3. The van der Waals surface area contributed by atoms with Crippen LogP contribution in [-0.4, -0.2) is 27.8 Å². The van der Waals surface area contributed by atoms with E-state index in [1.807, 2.05) is 0 Å². The maximum absolute atomic E-state index is 12.5. The standard InChI is InChI=1S/C13H12F3N3O2/c1-3-10-9(12(20)21-2)7-19(18-10)11-5-4-8(6-17-11)13(14,15)16/h4-7H,3H2,1-2H3. The average molecular weight is 299 g/mol. The Bertz CT molecular complexity index is 648. The predicted octanol–water partition coefficient (Wildman–Crippen LogP) is 2.64. The monoisotopic (exact) mass is 299 g/mol. The first-order valence-electron chi connectivity index (χ1n) is 6.07. The molecular weight excluding hydrogens is 287 g/mol. The van der Waals surface area contributed by atoms with Crippen LogP contribution in [0.25, 0.3) is 5.82 Å². The van der Waals surface area contributed by atoms with Crippen LogP contribution in [-0.2, 0) is 17.3 Å². The smallest absolute Gasteiger partial charge is 0.417 e. The van der Waals surface area contributed by atoms with E-state index in [2.05, 4.69) is 14.8 Å². The lowest BCUT2D eigenvalue weighted by atomic mass is 10.2. The fourth-order valence-corrected chi connectivity index (χ4v) is 1.76. The Morgan fingerprint density at radius 1 is 1.38 bits per heavy atom. The van der Waals surface area contributed by atoms with Crippen LogP contribution in [0.5, 0.6) is 0 Å². The summed E-state index contributed by atoms with van der Waals surface area (Å²) in [5.74, 6) is -0.363. The summed E-state index contributed by atoms with van der Waals surface area (Å²) in [7, 11) is 1.25. The molecule has 0 saturated heterocycles. The van der Waals surface area contributed by atoms with Gasteiger partial charge in [-0.1, -0.05) is 6.92 Å². The maximum atomic E-state index is 12.5. The number of carbonyl (C=O) groups excluding carboxylic acids is 1. The Labute approximate surface area is 118 Å². The minimum Gasteiger partial charge on any atom is -0.465 e. The molecule has 0 fully saturated rings. The van der Waals surface area contributed by atoms with Crippen LogP contribution in [0, 0.1) is 0 Å². The van der Waals surface area contributed by atoms with E-state index in [0.29, 0.717) is 12.1 Å². The second-order valence-corrected chi connectivity index (χ2v) is 4.18. The highest BCUT2D eigenvalue weighted by atomic mass is 19.4. The summed E-state index contributed by atoms with van der Waals surface area (Å²) in [6.07, 6.45) is -1.85. The van der Waals surface area contributed by atoms with Gasteiger partial charge in [0, 0.05) is 12.4 Å². The van der Waals surface area contributed by atoms with E-state index in [-0.39, 0.29) is 11.4 Å². The molecule has 0 aliphatic carbocycles. The number of hydrogen-bond acceptors (Lipinski definition) is 4. The van der Waals surface area contributed by atoms with Crippen molar-refractivity contribution in [2.45, 2.75) is 19.5 Å². The van der Waals surface area contributed by atoms with Gasteiger partial charge >= 0.3 is 12.1 Å². The van der Waals surface area contributed by atoms with Gasteiger partial charge in [-0.25, -0.2) is 14.5 Å². The third-order valence-electron chi connectivity index (χ3n) is 2.84. The van der Waals surface area contributed by atoms with Crippen molar-refractivity contribution in [2.24, 2.45) is 0 Å². The molecule has 0 unspecified atom stereocenters. The van der Waals surface area contributed by atoms with Gasteiger partial charge in [0.25, 0.3) is 0 Å². The van der Waals surface area contributed by atoms with Crippen molar-refractivity contribution in [2.75, 3.05) is 7.11 Å². The molecule has 2 aromatic rings. The highest BCUT2D eigenvalue weighted by Crippen LogP contribution is 2.28. The number of halogens is 3. The minimum atomic E-state index is -4.44. The molecule has 0 N–H and O–H groups in total. The lowest BCUT2D eigenvalue weighted by molar-refractivity contribution is -0.137. The molecule has 0 saturated carbocycles. The third kappa shape index (κ3) is 3.04. The summed E-state index contributed by atoms with van der Waals surface area (Å²) in [5, 5.41) is 4.13. The largest absolute Gasteiger partial charge is 0.465 e. The van der Waals surface area contributed by atoms with Crippen LogP contribution in [0.15, 0.2) is 24.5 Å². The Morgan fingerprint density at radius 3 is 2.57 bits per heavy atom. The van der Waals surface area contributed by atoms with Gasteiger partial charge in [-0.15, -0.1) is 0 Å². The number of ether oxygens (including phenoxy) is 1. The molecule has 0 spiro atoms. The average Bonchev–Trinajstić information content (AvgIpc) is 2.90. The fourth-order valence-electron chi connectivity index (χ4n) is 1.76. The number of rotatable bonds is 3. The van der Waals surface area contributed by atoms with Gasteiger partial charge in [0.15, 0.2) is 5.82 Å². The number of carbonyl (C=O) groups is 1. The molecule has 112 valence electrons. The van der Waals surface area contributed by atoms with Crippen molar-refractivity contribution < 1.29 is 22.7 Å². The van der Waals surface area contributed by atoms with E-state index >= 15 is 0 Å². The van der Waals surface area contributed by atoms with Crippen molar-refractivity contribution in [1.82, 2.24) is 14.8 Å². The number of pyridine rings is 1. The van der Waals surface area contributed by atoms with Gasteiger partial charge in [0.1, 0.15) is 5.56 Å². The Kier molecular flexibility index (Phi) is 3.97. The van der Waals surface area contributed by atoms with Gasteiger partial charge < -0.3 is 4.74 Å². The van der Waals surface area contributed by atoms with Crippen molar-refractivity contribution in [3.05, 3.63) is 41.3 Å². The van der Waals surface area contributed by atoms with Crippen LogP contribution in [0.4, 0.5) is 13.2 Å². The van der Waals surface area contributed by atoms with E-state index in [1.54, 1.807) is 6.92 Å². The van der Waals surface area contributed by atoms with Crippen LogP contribution < -0.4 is 0 Å². The first kappa shape index (κ1) is 15.0. The SMILES string of the molecule is CCc1nn(-c2ccc(C(F)(F)F)cn2)cc1C(=O)OC. The number of aryl methyl sites for hydroxylation is 1. The molecule has 0 aliphatic rings. The number of alkyl halides is 3. The number of hydrogen-bond donors (Lipinski definition) is 0. The normalized spacial score (nSPS) is 11.5. The van der Waals surface area contributed by atoms with Crippen LogP contribution in [0.1, 0.15) is 28.5 Å². The number of esters is 1. The van der Waals surface area contributed by atoms with Gasteiger partial charge in [-0.3, -0.25) is 0 Å². The summed E-state index contributed by atoms with van der Waals surface area (Å²) >= 11 is 0. The summed E-state index contributed by atoms with van der Waals surface area (Å²) in [6, 6.07) is 2.10. The lowest BCUT2D eigenvalue weighted by Gasteiger charge is -2.06. The van der Waals surface area contributed by atoms with E-state index in [0.717, 1.165) is 12.3 Å².